The van der Waals surface area contributed by atoms with E-state index < -0.39 is 0 Å². The second-order valence-corrected chi connectivity index (χ2v) is 10.2. The number of nitrogens with zero attached hydrogens (tertiary/aromatic N) is 1. The fourth-order valence-electron chi connectivity index (χ4n) is 4.41. The summed E-state index contributed by atoms with van der Waals surface area (Å²) in [6, 6.07) is 29.1. The standard InChI is InChI=1S/C30H35NO2S/c1-2-3-20-28-29(32)31(21-11-10-15-24-13-6-4-7-14-24)30(34-28)26-18-12-19-27(22-26)33-23-25-16-8-5-9-17-25/h4-9,12-14,16-19,22,28,30H,2-3,10-11,15,20-21,23H2,1H3. The molecule has 2 unspecified atom stereocenters. The maximum Gasteiger partial charge on any atom is 0.236 e. The van der Waals surface area contributed by atoms with Crippen molar-refractivity contribution in [2.24, 2.45) is 0 Å². The fraction of sp³-hybridized carbons (Fsp3) is 0.367. The van der Waals surface area contributed by atoms with E-state index in [0.29, 0.717) is 12.5 Å². The molecule has 0 N–H and O–H groups in total. The molecule has 2 atom stereocenters. The molecular formula is C30H35NO2S. The summed E-state index contributed by atoms with van der Waals surface area (Å²) in [5, 5.41) is 0.124. The normalized spacial score (nSPS) is 17.8. The third-order valence-corrected chi connectivity index (χ3v) is 7.85. The Morgan fingerprint density at radius 2 is 1.59 bits per heavy atom. The van der Waals surface area contributed by atoms with Crippen LogP contribution in [0.4, 0.5) is 0 Å². The summed E-state index contributed by atoms with van der Waals surface area (Å²) in [7, 11) is 0. The van der Waals surface area contributed by atoms with Crippen molar-refractivity contribution in [2.45, 2.75) is 62.7 Å². The van der Waals surface area contributed by atoms with Crippen molar-refractivity contribution in [2.75, 3.05) is 6.54 Å². The highest BCUT2D eigenvalue weighted by atomic mass is 32.2. The maximum absolute atomic E-state index is 13.3. The highest BCUT2D eigenvalue weighted by Crippen LogP contribution is 2.45. The highest BCUT2D eigenvalue weighted by molar-refractivity contribution is 8.01. The molecule has 1 fully saturated rings. The van der Waals surface area contributed by atoms with Gasteiger partial charge in [0.15, 0.2) is 0 Å². The summed E-state index contributed by atoms with van der Waals surface area (Å²) in [5.41, 5.74) is 3.68. The Bertz CT molecular complexity index is 1020. The van der Waals surface area contributed by atoms with Gasteiger partial charge in [-0.25, -0.2) is 0 Å². The number of hydrogen-bond acceptors (Lipinski definition) is 3. The first-order chi connectivity index (χ1) is 16.7. The van der Waals surface area contributed by atoms with Crippen LogP contribution in [0.2, 0.25) is 0 Å². The number of carbonyl (C=O) groups is 1. The monoisotopic (exact) mass is 473 g/mol. The average Bonchev–Trinajstić information content (AvgIpc) is 3.20. The number of hydrogen-bond donors (Lipinski definition) is 0. The highest BCUT2D eigenvalue weighted by Gasteiger charge is 2.40. The summed E-state index contributed by atoms with van der Waals surface area (Å²) < 4.78 is 6.08. The third kappa shape index (κ3) is 6.66. The van der Waals surface area contributed by atoms with Crippen LogP contribution in [0.5, 0.6) is 5.75 Å². The molecule has 1 saturated heterocycles. The number of unbranched alkanes of at least 4 members (excludes halogenated alkanes) is 2. The summed E-state index contributed by atoms with van der Waals surface area (Å²) in [6.45, 7) is 3.54. The zero-order chi connectivity index (χ0) is 23.6. The van der Waals surface area contributed by atoms with Gasteiger partial charge in [0, 0.05) is 6.54 Å². The van der Waals surface area contributed by atoms with Crippen LogP contribution in [-0.4, -0.2) is 22.6 Å². The van der Waals surface area contributed by atoms with Crippen LogP contribution in [0.15, 0.2) is 84.9 Å². The number of aryl methyl sites for hydroxylation is 1. The number of carbonyl (C=O) groups excluding carboxylic acids is 1. The lowest BCUT2D eigenvalue weighted by atomic mass is 10.1. The van der Waals surface area contributed by atoms with Crippen molar-refractivity contribution in [3.8, 4) is 5.75 Å². The van der Waals surface area contributed by atoms with Gasteiger partial charge in [0.2, 0.25) is 5.91 Å². The Hall–Kier alpha value is -2.72. The van der Waals surface area contributed by atoms with Crippen molar-refractivity contribution in [3.05, 3.63) is 102 Å². The lowest BCUT2D eigenvalue weighted by molar-refractivity contribution is -0.130. The first kappa shape index (κ1) is 24.4. The molecule has 3 aromatic rings. The predicted molar refractivity (Wildman–Crippen MR) is 142 cm³/mol. The van der Waals surface area contributed by atoms with Crippen molar-refractivity contribution in [3.63, 3.8) is 0 Å². The van der Waals surface area contributed by atoms with E-state index >= 15 is 0 Å². The summed E-state index contributed by atoms with van der Waals surface area (Å²) in [4.78, 5) is 15.4. The first-order valence-corrected chi connectivity index (χ1v) is 13.5. The van der Waals surface area contributed by atoms with Crippen LogP contribution in [0, 0.1) is 0 Å². The molecule has 0 radical (unpaired) electrons. The Morgan fingerprint density at radius 3 is 2.32 bits per heavy atom. The van der Waals surface area contributed by atoms with Crippen LogP contribution < -0.4 is 4.74 Å². The average molecular weight is 474 g/mol. The number of rotatable bonds is 12. The SMILES string of the molecule is CCCCC1SC(c2cccc(OCc3ccccc3)c2)N(CCCCc2ccccc2)C1=O. The second-order valence-electron chi connectivity index (χ2n) is 8.94. The fourth-order valence-corrected chi connectivity index (χ4v) is 5.94. The Labute approximate surface area is 208 Å². The minimum Gasteiger partial charge on any atom is -0.489 e. The van der Waals surface area contributed by atoms with Gasteiger partial charge in [0.05, 0.1) is 5.25 Å². The van der Waals surface area contributed by atoms with Gasteiger partial charge in [-0.1, -0.05) is 92.6 Å². The molecule has 0 aliphatic carbocycles. The molecular weight excluding hydrogens is 438 g/mol. The van der Waals surface area contributed by atoms with Gasteiger partial charge in [0.25, 0.3) is 0 Å². The molecule has 34 heavy (non-hydrogen) atoms. The zero-order valence-corrected chi connectivity index (χ0v) is 20.9. The summed E-state index contributed by atoms with van der Waals surface area (Å²) in [6.07, 6.45) is 6.34. The Balaban J connectivity index is 1.41. The summed E-state index contributed by atoms with van der Waals surface area (Å²) >= 11 is 1.82. The molecule has 3 nitrogen and oxygen atoms in total. The number of thioether (sulfide) groups is 1. The van der Waals surface area contributed by atoms with Crippen LogP contribution in [0.3, 0.4) is 0 Å². The lowest BCUT2D eigenvalue weighted by Gasteiger charge is -2.24. The van der Waals surface area contributed by atoms with Crippen LogP contribution in [0.25, 0.3) is 0 Å². The van der Waals surface area contributed by atoms with E-state index in [4.69, 9.17) is 4.74 Å². The third-order valence-electron chi connectivity index (χ3n) is 6.30. The van der Waals surface area contributed by atoms with Gasteiger partial charge < -0.3 is 9.64 Å². The molecule has 1 aliphatic heterocycles. The molecule has 1 amide bonds. The van der Waals surface area contributed by atoms with Crippen LogP contribution in [-0.2, 0) is 17.8 Å². The molecule has 1 heterocycles. The van der Waals surface area contributed by atoms with E-state index in [9.17, 15) is 4.79 Å². The Morgan fingerprint density at radius 1 is 0.853 bits per heavy atom. The van der Waals surface area contributed by atoms with Crippen molar-refractivity contribution in [1.29, 1.82) is 0 Å². The van der Waals surface area contributed by atoms with Crippen molar-refractivity contribution < 1.29 is 9.53 Å². The van der Waals surface area contributed by atoms with E-state index in [-0.39, 0.29) is 10.6 Å². The first-order valence-electron chi connectivity index (χ1n) is 12.5. The second kappa shape index (κ2) is 12.7. The minimum absolute atomic E-state index is 0.0614. The van der Waals surface area contributed by atoms with Crippen LogP contribution in [0.1, 0.15) is 61.1 Å². The topological polar surface area (TPSA) is 29.5 Å². The van der Waals surface area contributed by atoms with E-state index in [1.54, 1.807) is 0 Å². The van der Waals surface area contributed by atoms with Gasteiger partial charge in [-0.05, 0) is 54.5 Å². The quantitative estimate of drug-likeness (QED) is 0.256. The number of ether oxygens (including phenoxy) is 1. The number of amides is 1. The molecule has 3 aromatic carbocycles. The lowest BCUT2D eigenvalue weighted by Crippen LogP contribution is -2.32. The van der Waals surface area contributed by atoms with Crippen LogP contribution >= 0.6 is 11.8 Å². The number of benzene rings is 3. The largest absolute Gasteiger partial charge is 0.489 e. The molecule has 0 spiro atoms. The van der Waals surface area contributed by atoms with E-state index in [0.717, 1.165) is 61.9 Å². The Kier molecular flexibility index (Phi) is 9.09. The van der Waals surface area contributed by atoms with Crippen molar-refractivity contribution in [1.82, 2.24) is 4.90 Å². The minimum atomic E-state index is 0.0614. The van der Waals surface area contributed by atoms with Gasteiger partial charge in [-0.3, -0.25) is 4.79 Å². The molecule has 1 aliphatic rings. The van der Waals surface area contributed by atoms with E-state index in [1.807, 2.05) is 42.1 Å². The van der Waals surface area contributed by atoms with E-state index in [1.165, 1.54) is 5.56 Å². The van der Waals surface area contributed by atoms with Crippen molar-refractivity contribution >= 4 is 17.7 Å². The van der Waals surface area contributed by atoms with Gasteiger partial charge >= 0.3 is 0 Å². The smallest absolute Gasteiger partial charge is 0.236 e. The summed E-state index contributed by atoms with van der Waals surface area (Å²) in [5.74, 6) is 1.16. The zero-order valence-electron chi connectivity index (χ0n) is 20.1. The molecule has 0 saturated carbocycles. The van der Waals surface area contributed by atoms with Gasteiger partial charge in [-0.2, -0.15) is 0 Å². The van der Waals surface area contributed by atoms with Gasteiger partial charge in [-0.15, -0.1) is 11.8 Å². The maximum atomic E-state index is 13.3. The van der Waals surface area contributed by atoms with Gasteiger partial charge in [0.1, 0.15) is 17.7 Å². The molecule has 0 aromatic heterocycles. The molecule has 4 heteroatoms. The molecule has 0 bridgehead atoms. The molecule has 4 rings (SSSR count). The molecule has 178 valence electrons. The van der Waals surface area contributed by atoms with E-state index in [2.05, 4.69) is 66.4 Å². The predicted octanol–water partition coefficient (Wildman–Crippen LogP) is 7.42.